The van der Waals surface area contributed by atoms with Crippen molar-refractivity contribution in [3.8, 4) is 0 Å². The monoisotopic (exact) mass is 546 g/mol. The van der Waals surface area contributed by atoms with E-state index in [9.17, 15) is 25.5 Å². The first-order valence-electron chi connectivity index (χ1n) is 13.9. The van der Waals surface area contributed by atoms with E-state index in [4.69, 9.17) is 14.2 Å². The molecule has 0 bridgehead atoms. The molecule has 8 nitrogen and oxygen atoms in total. The molecule has 0 aromatic carbocycles. The van der Waals surface area contributed by atoms with Crippen LogP contribution in [-0.4, -0.2) is 91.2 Å². The van der Waals surface area contributed by atoms with Gasteiger partial charge < -0.3 is 39.7 Å². The normalized spacial score (nSPS) is 51.2. The Balaban J connectivity index is 2.54. The van der Waals surface area contributed by atoms with Gasteiger partial charge in [-0.05, 0) is 60.8 Å². The predicted octanol–water partition coefficient (Wildman–Crippen LogP) is 3.44. The van der Waals surface area contributed by atoms with Gasteiger partial charge in [0.15, 0.2) is 0 Å². The van der Waals surface area contributed by atoms with Gasteiger partial charge in [-0.25, -0.2) is 0 Å². The highest BCUT2D eigenvalue weighted by atomic mass is 16.6. The van der Waals surface area contributed by atoms with Gasteiger partial charge in [-0.1, -0.05) is 48.5 Å². The molecule has 8 atom stereocenters. The van der Waals surface area contributed by atoms with E-state index in [-0.39, 0.29) is 25.2 Å². The Hall–Kier alpha value is -0.320. The fourth-order valence-electron chi connectivity index (χ4n) is 7.96. The molecule has 2 fully saturated rings. The molecule has 2 aliphatic rings. The van der Waals surface area contributed by atoms with Gasteiger partial charge in [0, 0.05) is 10.8 Å². The minimum atomic E-state index is -1.74. The summed E-state index contributed by atoms with van der Waals surface area (Å²) in [6.07, 6.45) is 0. The molecule has 0 amide bonds. The summed E-state index contributed by atoms with van der Waals surface area (Å²) < 4.78 is 19.3. The summed E-state index contributed by atoms with van der Waals surface area (Å²) in [5.41, 5.74) is -12.5. The van der Waals surface area contributed by atoms with Crippen LogP contribution in [0.15, 0.2) is 0 Å². The number of ether oxygens (including phenoxy) is 3. The number of aliphatic hydroxyl groups is 5. The van der Waals surface area contributed by atoms with E-state index in [1.165, 1.54) is 6.92 Å². The van der Waals surface area contributed by atoms with Gasteiger partial charge in [0.05, 0.1) is 54.2 Å². The van der Waals surface area contributed by atoms with Gasteiger partial charge in [-0.3, -0.25) is 0 Å². The van der Waals surface area contributed by atoms with E-state index in [0.29, 0.717) is 0 Å². The third kappa shape index (κ3) is 3.77. The van der Waals surface area contributed by atoms with Crippen LogP contribution in [0.5, 0.6) is 0 Å². The molecule has 0 spiro atoms. The molecule has 2 rings (SSSR count). The van der Waals surface area contributed by atoms with Crippen LogP contribution in [0.25, 0.3) is 0 Å². The minimum Gasteiger partial charge on any atom is -0.393 e. The Labute approximate surface area is 231 Å². The van der Waals surface area contributed by atoms with E-state index < -0.39 is 62.1 Å². The molecule has 2 aliphatic heterocycles. The van der Waals surface area contributed by atoms with Crippen LogP contribution in [0, 0.1) is 21.7 Å². The topological polar surface area (TPSA) is 129 Å². The summed E-state index contributed by atoms with van der Waals surface area (Å²) in [5, 5.41) is 56.7. The molecular formula is C30H58O8. The van der Waals surface area contributed by atoms with Crippen molar-refractivity contribution in [2.75, 3.05) is 26.4 Å². The van der Waals surface area contributed by atoms with Gasteiger partial charge in [0.2, 0.25) is 0 Å². The molecule has 0 aromatic heterocycles. The fourth-order valence-corrected chi connectivity index (χ4v) is 7.96. The first-order valence-corrected chi connectivity index (χ1v) is 13.9. The standard InChI is InChI=1S/C30H58O8/c1-20(2,3)27(12)21(4,5)28(13,33)26(11,38-25(27,10)17-32)19-36-18-23(8)24(9,16-31)37-22(6,7)29(14,34)30(23,15)35/h31-35H,16-19H2,1-15H3. The lowest BCUT2D eigenvalue weighted by Gasteiger charge is -2.72. The van der Waals surface area contributed by atoms with Gasteiger partial charge in [0.25, 0.3) is 0 Å². The Morgan fingerprint density at radius 1 is 0.579 bits per heavy atom. The van der Waals surface area contributed by atoms with Crippen LogP contribution < -0.4 is 0 Å². The highest BCUT2D eigenvalue weighted by Gasteiger charge is 2.75. The van der Waals surface area contributed by atoms with Gasteiger partial charge in [-0.15, -0.1) is 0 Å². The number of aliphatic hydroxyl groups excluding tert-OH is 2. The van der Waals surface area contributed by atoms with E-state index in [1.807, 2.05) is 20.8 Å². The van der Waals surface area contributed by atoms with Crippen LogP contribution in [0.3, 0.4) is 0 Å². The molecule has 5 N–H and O–H groups in total. The van der Waals surface area contributed by atoms with Crippen molar-refractivity contribution < 1.29 is 39.7 Å². The molecule has 2 saturated heterocycles. The van der Waals surface area contributed by atoms with Crippen molar-refractivity contribution >= 4 is 0 Å². The SMILES string of the molecule is CC(C)(C)C1(C)C(C)(CO)OC(C)(COCC2(C)C(C)(CO)OC(C)(C)C(C)(O)C2(C)O)C(C)(O)C1(C)C. The summed E-state index contributed by atoms with van der Waals surface area (Å²) in [5.74, 6) is 0. The van der Waals surface area contributed by atoms with E-state index in [2.05, 4.69) is 27.7 Å². The Morgan fingerprint density at radius 2 is 1.03 bits per heavy atom. The van der Waals surface area contributed by atoms with E-state index in [0.717, 1.165) is 0 Å². The first kappa shape index (κ1) is 33.9. The van der Waals surface area contributed by atoms with Gasteiger partial charge in [0.1, 0.15) is 16.8 Å². The molecule has 8 heteroatoms. The molecule has 0 aliphatic carbocycles. The van der Waals surface area contributed by atoms with Gasteiger partial charge >= 0.3 is 0 Å². The quantitative estimate of drug-likeness (QED) is 0.343. The molecule has 2 heterocycles. The minimum absolute atomic E-state index is 0.0715. The molecule has 0 saturated carbocycles. The average molecular weight is 547 g/mol. The fraction of sp³-hybridized carbons (Fsp3) is 1.00. The second-order valence-electron chi connectivity index (χ2n) is 15.8. The molecule has 226 valence electrons. The molecule has 0 aromatic rings. The number of hydrogen-bond donors (Lipinski definition) is 5. The maximum atomic E-state index is 12.2. The van der Waals surface area contributed by atoms with Crippen molar-refractivity contribution in [1.29, 1.82) is 0 Å². The predicted molar refractivity (Wildman–Crippen MR) is 148 cm³/mol. The zero-order valence-corrected chi connectivity index (χ0v) is 26.8. The van der Waals surface area contributed by atoms with Crippen LogP contribution in [0.1, 0.15) is 104 Å². The Bertz CT molecular complexity index is 902. The zero-order chi connectivity index (χ0) is 30.4. The zero-order valence-electron chi connectivity index (χ0n) is 26.8. The van der Waals surface area contributed by atoms with Crippen LogP contribution in [-0.2, 0) is 14.2 Å². The highest BCUT2D eigenvalue weighted by Crippen LogP contribution is 2.68. The summed E-state index contributed by atoms with van der Waals surface area (Å²) in [6.45, 7) is 26.8. The lowest BCUT2D eigenvalue weighted by atomic mass is 9.41. The first-order chi connectivity index (χ1) is 16.5. The summed E-state index contributed by atoms with van der Waals surface area (Å²) in [6, 6.07) is 0. The number of rotatable bonds is 6. The molecular weight excluding hydrogens is 488 g/mol. The smallest absolute Gasteiger partial charge is 0.119 e. The second kappa shape index (κ2) is 8.84. The van der Waals surface area contributed by atoms with Gasteiger partial charge in [-0.2, -0.15) is 0 Å². The number of hydrogen-bond acceptors (Lipinski definition) is 8. The second-order valence-corrected chi connectivity index (χ2v) is 15.8. The van der Waals surface area contributed by atoms with Crippen molar-refractivity contribution in [2.45, 2.75) is 143 Å². The van der Waals surface area contributed by atoms with Crippen LogP contribution in [0.4, 0.5) is 0 Å². The van der Waals surface area contributed by atoms with Crippen LogP contribution in [0.2, 0.25) is 0 Å². The molecule has 38 heavy (non-hydrogen) atoms. The van der Waals surface area contributed by atoms with E-state index in [1.54, 1.807) is 48.5 Å². The Morgan fingerprint density at radius 3 is 1.42 bits per heavy atom. The highest BCUT2D eigenvalue weighted by molar-refractivity contribution is 5.24. The largest absolute Gasteiger partial charge is 0.393 e. The summed E-state index contributed by atoms with van der Waals surface area (Å²) in [4.78, 5) is 0. The van der Waals surface area contributed by atoms with E-state index >= 15 is 0 Å². The van der Waals surface area contributed by atoms with Crippen molar-refractivity contribution in [3.05, 3.63) is 0 Å². The average Bonchev–Trinajstić information content (AvgIpc) is 2.74. The third-order valence-corrected chi connectivity index (χ3v) is 12.7. The van der Waals surface area contributed by atoms with Crippen molar-refractivity contribution in [1.82, 2.24) is 0 Å². The summed E-state index contributed by atoms with van der Waals surface area (Å²) >= 11 is 0. The lowest BCUT2D eigenvalue weighted by Crippen LogP contribution is -2.82. The third-order valence-electron chi connectivity index (χ3n) is 12.7. The lowest BCUT2D eigenvalue weighted by molar-refractivity contribution is -0.404. The van der Waals surface area contributed by atoms with Crippen molar-refractivity contribution in [2.24, 2.45) is 21.7 Å². The van der Waals surface area contributed by atoms with Crippen LogP contribution >= 0.6 is 0 Å². The maximum Gasteiger partial charge on any atom is 0.119 e. The Kier molecular flexibility index (Phi) is 7.88. The molecule has 0 radical (unpaired) electrons. The maximum absolute atomic E-state index is 12.2. The van der Waals surface area contributed by atoms with Crippen molar-refractivity contribution in [3.63, 3.8) is 0 Å². The summed E-state index contributed by atoms with van der Waals surface area (Å²) in [7, 11) is 0. The molecule has 8 unspecified atom stereocenters.